The van der Waals surface area contributed by atoms with Gasteiger partial charge in [0.1, 0.15) is 6.54 Å². The molecular formula is C20H27N3O3. The molecule has 140 valence electrons. The Morgan fingerprint density at radius 1 is 1.08 bits per heavy atom. The van der Waals surface area contributed by atoms with E-state index < -0.39 is 0 Å². The van der Waals surface area contributed by atoms with Gasteiger partial charge in [-0.1, -0.05) is 43.2 Å². The van der Waals surface area contributed by atoms with Crippen LogP contribution in [-0.2, 0) is 20.9 Å². The molecule has 6 nitrogen and oxygen atoms in total. The number of nitrogens with two attached hydrogens (primary N) is 1. The van der Waals surface area contributed by atoms with Gasteiger partial charge in [0.05, 0.1) is 11.8 Å². The minimum Gasteiger partial charge on any atom is -0.337 e. The minimum atomic E-state index is -0.212. The van der Waals surface area contributed by atoms with Gasteiger partial charge in [0.15, 0.2) is 0 Å². The van der Waals surface area contributed by atoms with E-state index in [2.05, 4.69) is 0 Å². The van der Waals surface area contributed by atoms with Crippen LogP contribution in [0, 0.1) is 11.8 Å². The zero-order chi connectivity index (χ0) is 18.5. The predicted octanol–water partition coefficient (Wildman–Crippen LogP) is 1.54. The van der Waals surface area contributed by atoms with Gasteiger partial charge in [0.2, 0.25) is 17.7 Å². The van der Waals surface area contributed by atoms with Crippen LogP contribution in [0.2, 0.25) is 0 Å². The molecule has 0 bridgehead atoms. The maximum absolute atomic E-state index is 12.8. The second-order valence-corrected chi connectivity index (χ2v) is 7.20. The van der Waals surface area contributed by atoms with E-state index in [4.69, 9.17) is 5.73 Å². The lowest BCUT2D eigenvalue weighted by molar-refractivity contribution is -0.146. The van der Waals surface area contributed by atoms with Crippen molar-refractivity contribution < 1.29 is 14.4 Å². The highest BCUT2D eigenvalue weighted by Gasteiger charge is 2.48. The largest absolute Gasteiger partial charge is 0.337 e. The first-order chi connectivity index (χ1) is 12.6. The van der Waals surface area contributed by atoms with Crippen LogP contribution in [0.4, 0.5) is 0 Å². The average molecular weight is 357 g/mol. The molecule has 6 heteroatoms. The Balaban J connectivity index is 1.68. The normalized spacial score (nSPS) is 22.4. The summed E-state index contributed by atoms with van der Waals surface area (Å²) < 4.78 is 0. The zero-order valence-corrected chi connectivity index (χ0v) is 15.1. The van der Waals surface area contributed by atoms with Crippen LogP contribution in [-0.4, -0.2) is 47.2 Å². The Labute approximate surface area is 154 Å². The number of benzene rings is 1. The molecule has 26 heavy (non-hydrogen) atoms. The molecule has 3 rings (SSSR count). The van der Waals surface area contributed by atoms with E-state index in [9.17, 15) is 14.4 Å². The van der Waals surface area contributed by atoms with E-state index in [-0.39, 0.29) is 36.1 Å². The summed E-state index contributed by atoms with van der Waals surface area (Å²) in [5, 5.41) is 0. The molecule has 0 spiro atoms. The summed E-state index contributed by atoms with van der Waals surface area (Å²) in [6.07, 6.45) is 4.19. The highest BCUT2D eigenvalue weighted by Crippen LogP contribution is 2.37. The van der Waals surface area contributed by atoms with E-state index in [1.54, 1.807) is 4.90 Å². The summed E-state index contributed by atoms with van der Waals surface area (Å²) in [7, 11) is 0. The zero-order valence-electron chi connectivity index (χ0n) is 15.1. The number of carbonyl (C=O) groups is 3. The van der Waals surface area contributed by atoms with Crippen molar-refractivity contribution in [3.8, 4) is 0 Å². The van der Waals surface area contributed by atoms with Crippen molar-refractivity contribution in [1.29, 1.82) is 0 Å². The number of rotatable bonds is 7. The van der Waals surface area contributed by atoms with Crippen molar-refractivity contribution >= 4 is 17.7 Å². The molecule has 2 aliphatic rings. The fraction of sp³-hybridized carbons (Fsp3) is 0.550. The topological polar surface area (TPSA) is 83.7 Å². The molecule has 2 fully saturated rings. The van der Waals surface area contributed by atoms with Gasteiger partial charge in [-0.15, -0.1) is 0 Å². The number of hydrogen-bond acceptors (Lipinski definition) is 4. The average Bonchev–Trinajstić information content (AvgIpc) is 2.91. The van der Waals surface area contributed by atoms with Crippen molar-refractivity contribution in [3.05, 3.63) is 35.9 Å². The van der Waals surface area contributed by atoms with Crippen LogP contribution in [0.25, 0.3) is 0 Å². The first-order valence-electron chi connectivity index (χ1n) is 9.49. The van der Waals surface area contributed by atoms with Crippen LogP contribution in [0.1, 0.15) is 37.7 Å². The lowest BCUT2D eigenvalue weighted by atomic mass is 9.81. The van der Waals surface area contributed by atoms with Gasteiger partial charge in [-0.2, -0.15) is 0 Å². The Morgan fingerprint density at radius 3 is 2.27 bits per heavy atom. The summed E-state index contributed by atoms with van der Waals surface area (Å²) in [6, 6.07) is 9.71. The fourth-order valence-corrected chi connectivity index (χ4v) is 4.00. The van der Waals surface area contributed by atoms with Crippen LogP contribution >= 0.6 is 0 Å². The molecule has 1 saturated heterocycles. The van der Waals surface area contributed by atoms with Crippen LogP contribution in [0.15, 0.2) is 30.3 Å². The van der Waals surface area contributed by atoms with Crippen molar-refractivity contribution in [2.75, 3.05) is 19.6 Å². The van der Waals surface area contributed by atoms with Crippen molar-refractivity contribution in [3.63, 3.8) is 0 Å². The van der Waals surface area contributed by atoms with E-state index in [1.807, 2.05) is 30.3 Å². The lowest BCUT2D eigenvalue weighted by Gasteiger charge is -2.25. The van der Waals surface area contributed by atoms with Crippen molar-refractivity contribution in [2.45, 2.75) is 38.6 Å². The molecule has 1 saturated carbocycles. The number of nitrogens with zero attached hydrogens (tertiary/aromatic N) is 2. The van der Waals surface area contributed by atoms with Gasteiger partial charge in [-0.25, -0.2) is 0 Å². The number of amides is 3. The molecular weight excluding hydrogens is 330 g/mol. The van der Waals surface area contributed by atoms with E-state index >= 15 is 0 Å². The molecule has 2 unspecified atom stereocenters. The summed E-state index contributed by atoms with van der Waals surface area (Å²) in [4.78, 5) is 40.9. The third-order valence-corrected chi connectivity index (χ3v) is 5.43. The van der Waals surface area contributed by atoms with Crippen LogP contribution in [0.5, 0.6) is 0 Å². The molecule has 1 heterocycles. The van der Waals surface area contributed by atoms with Gasteiger partial charge >= 0.3 is 0 Å². The lowest BCUT2D eigenvalue weighted by Crippen LogP contribution is -2.43. The monoisotopic (exact) mass is 357 g/mol. The van der Waals surface area contributed by atoms with Gasteiger partial charge in [-0.3, -0.25) is 19.3 Å². The summed E-state index contributed by atoms with van der Waals surface area (Å²) >= 11 is 0. The smallest absolute Gasteiger partial charge is 0.243 e. The summed E-state index contributed by atoms with van der Waals surface area (Å²) in [5.41, 5.74) is 6.62. The van der Waals surface area contributed by atoms with Crippen molar-refractivity contribution in [2.24, 2.45) is 17.6 Å². The molecule has 1 aromatic carbocycles. The van der Waals surface area contributed by atoms with Crippen molar-refractivity contribution in [1.82, 2.24) is 9.80 Å². The number of hydrogen-bond donors (Lipinski definition) is 1. The fourth-order valence-electron chi connectivity index (χ4n) is 4.00. The molecule has 0 aromatic heterocycles. The van der Waals surface area contributed by atoms with Crippen LogP contribution in [0.3, 0.4) is 0 Å². The quantitative estimate of drug-likeness (QED) is 0.750. The second kappa shape index (κ2) is 8.45. The number of fused-ring (bicyclic) bond motifs is 1. The molecule has 1 aliphatic carbocycles. The Bertz CT molecular complexity index is 638. The molecule has 1 aliphatic heterocycles. The van der Waals surface area contributed by atoms with E-state index in [1.165, 1.54) is 4.90 Å². The SMILES string of the molecule is NCCCN(Cc1ccccc1)C(=O)CN1C(=O)C2CCCCC2C1=O. The molecule has 1 aromatic rings. The third kappa shape index (κ3) is 3.96. The minimum absolute atomic E-state index is 0.151. The Morgan fingerprint density at radius 2 is 1.69 bits per heavy atom. The second-order valence-electron chi connectivity index (χ2n) is 7.20. The molecule has 0 radical (unpaired) electrons. The van der Waals surface area contributed by atoms with Gasteiger partial charge in [0, 0.05) is 13.1 Å². The summed E-state index contributed by atoms with van der Waals surface area (Å²) in [6.45, 7) is 1.32. The first kappa shape index (κ1) is 18.6. The number of likely N-dealkylation sites (tertiary alicyclic amines) is 1. The predicted molar refractivity (Wildman–Crippen MR) is 97.7 cm³/mol. The molecule has 2 atom stereocenters. The standard InChI is InChI=1S/C20H27N3O3/c21-11-6-12-22(13-15-7-2-1-3-8-15)18(24)14-23-19(25)16-9-4-5-10-17(16)20(23)26/h1-3,7-8,16-17H,4-6,9-14,21H2. The van der Waals surface area contributed by atoms with Gasteiger partial charge in [0.25, 0.3) is 0 Å². The van der Waals surface area contributed by atoms with Crippen LogP contribution < -0.4 is 5.73 Å². The Hall–Kier alpha value is -2.21. The van der Waals surface area contributed by atoms with Gasteiger partial charge in [-0.05, 0) is 31.4 Å². The maximum atomic E-state index is 12.8. The highest BCUT2D eigenvalue weighted by atomic mass is 16.2. The molecule has 3 amide bonds. The Kier molecular flexibility index (Phi) is 6.04. The summed E-state index contributed by atoms with van der Waals surface area (Å²) in [5.74, 6) is -0.938. The van der Waals surface area contributed by atoms with E-state index in [0.29, 0.717) is 26.1 Å². The highest BCUT2D eigenvalue weighted by molar-refractivity contribution is 6.07. The number of imide groups is 1. The van der Waals surface area contributed by atoms with E-state index in [0.717, 1.165) is 31.2 Å². The van der Waals surface area contributed by atoms with Gasteiger partial charge < -0.3 is 10.6 Å². The third-order valence-electron chi connectivity index (χ3n) is 5.43. The first-order valence-corrected chi connectivity index (χ1v) is 9.49. The number of carbonyl (C=O) groups excluding carboxylic acids is 3. The maximum Gasteiger partial charge on any atom is 0.243 e. The molecule has 2 N–H and O–H groups in total.